The number of alkyl halides is 3. The topological polar surface area (TPSA) is 50.8 Å². The van der Waals surface area contributed by atoms with Gasteiger partial charge in [0.25, 0.3) is 0 Å². The van der Waals surface area contributed by atoms with Crippen molar-refractivity contribution in [3.8, 4) is 0 Å². The monoisotopic (exact) mass is 496 g/mol. The van der Waals surface area contributed by atoms with Crippen LogP contribution in [-0.4, -0.2) is 62.4 Å². The van der Waals surface area contributed by atoms with Crippen LogP contribution in [-0.2, 0) is 20.4 Å². The lowest BCUT2D eigenvalue weighted by molar-refractivity contribution is -0.138. The van der Waals surface area contributed by atoms with Gasteiger partial charge in [-0.15, -0.1) is 0 Å². The van der Waals surface area contributed by atoms with E-state index in [0.717, 1.165) is 18.9 Å². The maximum Gasteiger partial charge on any atom is 0.416 e. The summed E-state index contributed by atoms with van der Waals surface area (Å²) in [5, 5.41) is 3.70. The number of methoxy groups -OCH3 is 1. The fraction of sp³-hybridized carbons (Fsp3) is 0.667. The van der Waals surface area contributed by atoms with Crippen molar-refractivity contribution in [2.75, 3.05) is 33.4 Å². The summed E-state index contributed by atoms with van der Waals surface area (Å²) in [5.41, 5.74) is 0.249. The van der Waals surface area contributed by atoms with Crippen LogP contribution in [0.5, 0.6) is 0 Å². The number of amides is 1. The summed E-state index contributed by atoms with van der Waals surface area (Å²) < 4.78 is 51.5. The van der Waals surface area contributed by atoms with Crippen molar-refractivity contribution in [2.24, 2.45) is 11.8 Å². The van der Waals surface area contributed by atoms with Gasteiger partial charge < -0.3 is 19.7 Å². The summed E-state index contributed by atoms with van der Waals surface area (Å²) >= 11 is 0. The summed E-state index contributed by atoms with van der Waals surface area (Å²) in [6, 6.07) is 6.03. The molecule has 0 aliphatic carbocycles. The Balaban J connectivity index is 1.67. The molecule has 0 aromatic heterocycles. The van der Waals surface area contributed by atoms with E-state index in [9.17, 15) is 18.0 Å². The molecule has 1 saturated heterocycles. The summed E-state index contributed by atoms with van der Waals surface area (Å²) in [5.74, 6) is 0.0724. The molecular formula is C27H39F3N2O3. The first-order valence-corrected chi connectivity index (χ1v) is 12.7. The van der Waals surface area contributed by atoms with E-state index < -0.39 is 11.7 Å². The predicted octanol–water partition coefficient (Wildman–Crippen LogP) is 5.16. The lowest BCUT2D eigenvalue weighted by Crippen LogP contribution is -2.52. The normalized spacial score (nSPS) is 23.2. The number of halogens is 3. The largest absolute Gasteiger partial charge is 0.416 e. The first kappa shape index (κ1) is 27.7. The molecule has 1 aromatic carbocycles. The number of rotatable bonds is 9. The molecule has 1 aromatic rings. The molecule has 8 heteroatoms. The smallest absolute Gasteiger partial charge is 0.379 e. The first-order valence-electron chi connectivity index (χ1n) is 12.7. The molecule has 3 rings (SSSR count). The van der Waals surface area contributed by atoms with Crippen molar-refractivity contribution >= 4 is 11.5 Å². The second-order valence-corrected chi connectivity index (χ2v) is 9.91. The SMILES string of the molecule is CCC(CC(C(=O)N1CC=C(c2ccccc2C(F)(F)F)CC1)C(C)C)NC1CCOCC1OC. The van der Waals surface area contributed by atoms with Crippen LogP contribution in [0.1, 0.15) is 57.6 Å². The van der Waals surface area contributed by atoms with Crippen LogP contribution in [0.25, 0.3) is 5.57 Å². The number of carbonyl (C=O) groups is 1. The Kier molecular flexibility index (Phi) is 9.78. The van der Waals surface area contributed by atoms with Crippen LogP contribution in [0.3, 0.4) is 0 Å². The van der Waals surface area contributed by atoms with E-state index >= 15 is 0 Å². The van der Waals surface area contributed by atoms with Crippen LogP contribution in [0.2, 0.25) is 0 Å². The highest BCUT2D eigenvalue weighted by molar-refractivity contribution is 5.81. The molecule has 0 spiro atoms. The Labute approximate surface area is 207 Å². The molecule has 2 aliphatic rings. The number of nitrogens with one attached hydrogen (secondary N) is 1. The highest BCUT2D eigenvalue weighted by Gasteiger charge is 2.36. The highest BCUT2D eigenvalue weighted by Crippen LogP contribution is 2.37. The van der Waals surface area contributed by atoms with Gasteiger partial charge in [-0.3, -0.25) is 4.79 Å². The third kappa shape index (κ3) is 7.08. The lowest BCUT2D eigenvalue weighted by Gasteiger charge is -2.37. The van der Waals surface area contributed by atoms with Crippen LogP contribution in [0, 0.1) is 11.8 Å². The number of benzene rings is 1. The highest BCUT2D eigenvalue weighted by atomic mass is 19.4. The van der Waals surface area contributed by atoms with Gasteiger partial charge in [0.05, 0.1) is 18.3 Å². The third-order valence-electron chi connectivity index (χ3n) is 7.31. The maximum absolute atomic E-state index is 13.5. The molecule has 0 saturated carbocycles. The van der Waals surface area contributed by atoms with Crippen LogP contribution >= 0.6 is 0 Å². The molecule has 4 unspecified atom stereocenters. The fourth-order valence-electron chi connectivity index (χ4n) is 5.11. The minimum Gasteiger partial charge on any atom is -0.379 e. The second kappa shape index (κ2) is 12.4. The zero-order valence-corrected chi connectivity index (χ0v) is 21.2. The van der Waals surface area contributed by atoms with Gasteiger partial charge in [-0.25, -0.2) is 0 Å². The van der Waals surface area contributed by atoms with E-state index in [1.807, 2.05) is 0 Å². The Morgan fingerprint density at radius 3 is 2.63 bits per heavy atom. The van der Waals surface area contributed by atoms with E-state index in [2.05, 4.69) is 26.1 Å². The molecule has 1 N–H and O–H groups in total. The number of hydrogen-bond acceptors (Lipinski definition) is 4. The molecular weight excluding hydrogens is 457 g/mol. The van der Waals surface area contributed by atoms with Gasteiger partial charge in [0.15, 0.2) is 0 Å². The Bertz CT molecular complexity index is 871. The standard InChI is InChI=1S/C27H39F3N2O3/c1-5-20(31-24-12-15-35-17-25(24)34-4)16-22(18(2)3)26(33)32-13-10-19(11-14-32)21-8-6-7-9-23(21)27(28,29)30/h6-10,18,20,22,24-25,31H,5,11-17H2,1-4H3. The number of hydrogen-bond donors (Lipinski definition) is 1. The van der Waals surface area contributed by atoms with Crippen molar-refractivity contribution < 1.29 is 27.4 Å². The van der Waals surface area contributed by atoms with Crippen LogP contribution in [0.15, 0.2) is 30.3 Å². The Hall–Kier alpha value is -1.90. The van der Waals surface area contributed by atoms with Crippen molar-refractivity contribution in [1.82, 2.24) is 10.2 Å². The van der Waals surface area contributed by atoms with Crippen molar-refractivity contribution in [3.05, 3.63) is 41.5 Å². The van der Waals surface area contributed by atoms with Gasteiger partial charge in [0.2, 0.25) is 5.91 Å². The van der Waals surface area contributed by atoms with E-state index in [0.29, 0.717) is 44.7 Å². The number of carbonyl (C=O) groups excluding carboxylic acids is 1. The van der Waals surface area contributed by atoms with E-state index in [1.165, 1.54) is 12.1 Å². The molecule has 1 fully saturated rings. The molecule has 5 nitrogen and oxygen atoms in total. The van der Waals surface area contributed by atoms with Crippen LogP contribution < -0.4 is 5.32 Å². The van der Waals surface area contributed by atoms with Gasteiger partial charge in [-0.05, 0) is 48.8 Å². The van der Waals surface area contributed by atoms with Crippen LogP contribution in [0.4, 0.5) is 13.2 Å². The maximum atomic E-state index is 13.5. The second-order valence-electron chi connectivity index (χ2n) is 9.91. The molecule has 196 valence electrons. The van der Waals surface area contributed by atoms with Gasteiger partial charge >= 0.3 is 6.18 Å². The fourth-order valence-corrected chi connectivity index (χ4v) is 5.11. The minimum atomic E-state index is -4.40. The number of ether oxygens (including phenoxy) is 2. The molecule has 0 bridgehead atoms. The van der Waals surface area contributed by atoms with E-state index in [1.54, 1.807) is 24.2 Å². The van der Waals surface area contributed by atoms with Crippen molar-refractivity contribution in [1.29, 1.82) is 0 Å². The minimum absolute atomic E-state index is 0.00349. The van der Waals surface area contributed by atoms with Gasteiger partial charge in [0.1, 0.15) is 0 Å². The first-order chi connectivity index (χ1) is 16.7. The van der Waals surface area contributed by atoms with Crippen molar-refractivity contribution in [2.45, 2.75) is 70.8 Å². The zero-order valence-electron chi connectivity index (χ0n) is 21.2. The summed E-state index contributed by atoms with van der Waals surface area (Å²) in [6.07, 6.45) is 0.264. The predicted molar refractivity (Wildman–Crippen MR) is 131 cm³/mol. The zero-order chi connectivity index (χ0) is 25.6. The Morgan fingerprint density at radius 2 is 2.03 bits per heavy atom. The van der Waals surface area contributed by atoms with Gasteiger partial charge in [-0.2, -0.15) is 13.2 Å². The molecule has 0 radical (unpaired) electrons. The molecule has 4 atom stereocenters. The van der Waals surface area contributed by atoms with Gasteiger partial charge in [0, 0.05) is 44.8 Å². The lowest BCUT2D eigenvalue weighted by atomic mass is 9.86. The molecule has 35 heavy (non-hydrogen) atoms. The van der Waals surface area contributed by atoms with Gasteiger partial charge in [-0.1, -0.05) is 45.0 Å². The van der Waals surface area contributed by atoms with E-state index in [4.69, 9.17) is 9.47 Å². The average molecular weight is 497 g/mol. The van der Waals surface area contributed by atoms with E-state index in [-0.39, 0.29) is 41.5 Å². The number of nitrogens with zero attached hydrogens (tertiary/aromatic N) is 1. The molecule has 2 heterocycles. The quantitative estimate of drug-likeness (QED) is 0.514. The molecule has 2 aliphatic heterocycles. The van der Waals surface area contributed by atoms with Crippen molar-refractivity contribution in [3.63, 3.8) is 0 Å². The summed E-state index contributed by atoms with van der Waals surface area (Å²) in [4.78, 5) is 15.3. The average Bonchev–Trinajstić information content (AvgIpc) is 2.85. The summed E-state index contributed by atoms with van der Waals surface area (Å²) in [6.45, 7) is 8.26. The summed E-state index contributed by atoms with van der Waals surface area (Å²) in [7, 11) is 1.70. The third-order valence-corrected chi connectivity index (χ3v) is 7.31. The molecule has 1 amide bonds. The Morgan fingerprint density at radius 1 is 1.29 bits per heavy atom.